The van der Waals surface area contributed by atoms with Crippen LogP contribution in [0.25, 0.3) is 0 Å². The van der Waals surface area contributed by atoms with E-state index in [1.54, 1.807) is 19.2 Å². The number of rotatable bonds is 5. The standard InChI is InChI=1S/C16H16BrFO/c1-19-14-9-7-13(16(18)11-14)8-10-15(17)12-5-3-2-4-6-12/h2-7,9,11,15H,8,10H2,1H3. The maximum Gasteiger partial charge on any atom is 0.130 e. The molecule has 1 nitrogen and oxygen atoms in total. The smallest absolute Gasteiger partial charge is 0.130 e. The van der Waals surface area contributed by atoms with Crippen molar-refractivity contribution in [3.63, 3.8) is 0 Å². The molecule has 0 bridgehead atoms. The topological polar surface area (TPSA) is 9.23 Å². The molecule has 1 unspecified atom stereocenters. The van der Waals surface area contributed by atoms with Crippen LogP contribution in [-0.2, 0) is 6.42 Å². The Labute approximate surface area is 121 Å². The largest absolute Gasteiger partial charge is 0.497 e. The van der Waals surface area contributed by atoms with Crippen LogP contribution in [0.3, 0.4) is 0 Å². The summed E-state index contributed by atoms with van der Waals surface area (Å²) in [5.41, 5.74) is 1.94. The zero-order valence-corrected chi connectivity index (χ0v) is 12.4. The molecule has 2 aromatic carbocycles. The van der Waals surface area contributed by atoms with E-state index in [2.05, 4.69) is 28.1 Å². The van der Waals surface area contributed by atoms with Crippen LogP contribution < -0.4 is 4.74 Å². The predicted octanol–water partition coefficient (Wildman–Crippen LogP) is 4.90. The highest BCUT2D eigenvalue weighted by Gasteiger charge is 2.09. The Bertz CT molecular complexity index is 528. The summed E-state index contributed by atoms with van der Waals surface area (Å²) >= 11 is 3.65. The average molecular weight is 323 g/mol. The van der Waals surface area contributed by atoms with Gasteiger partial charge in [0, 0.05) is 10.9 Å². The molecular formula is C16H16BrFO. The Kier molecular flexibility index (Phi) is 4.97. The van der Waals surface area contributed by atoms with Crippen molar-refractivity contribution in [1.82, 2.24) is 0 Å². The van der Waals surface area contributed by atoms with Crippen LogP contribution in [-0.4, -0.2) is 7.11 Å². The lowest BCUT2D eigenvalue weighted by Gasteiger charge is -2.11. The van der Waals surface area contributed by atoms with Gasteiger partial charge in [-0.05, 0) is 30.0 Å². The fourth-order valence-electron chi connectivity index (χ4n) is 1.97. The van der Waals surface area contributed by atoms with Gasteiger partial charge < -0.3 is 4.74 Å². The highest BCUT2D eigenvalue weighted by atomic mass is 79.9. The van der Waals surface area contributed by atoms with Crippen LogP contribution in [0.15, 0.2) is 48.5 Å². The molecule has 0 radical (unpaired) electrons. The lowest BCUT2D eigenvalue weighted by Crippen LogP contribution is -1.96. The summed E-state index contributed by atoms with van der Waals surface area (Å²) in [6.07, 6.45) is 1.55. The van der Waals surface area contributed by atoms with Crippen molar-refractivity contribution >= 4 is 15.9 Å². The maximum atomic E-state index is 13.8. The Morgan fingerprint density at radius 2 is 1.89 bits per heavy atom. The molecule has 0 aromatic heterocycles. The summed E-state index contributed by atoms with van der Waals surface area (Å²) in [6, 6.07) is 15.2. The molecule has 0 spiro atoms. The molecule has 1 atom stereocenters. The minimum absolute atomic E-state index is 0.202. The first-order chi connectivity index (χ1) is 9.20. The van der Waals surface area contributed by atoms with Gasteiger partial charge in [-0.1, -0.05) is 52.3 Å². The summed E-state index contributed by atoms with van der Waals surface area (Å²) in [5.74, 6) is 0.354. The second-order valence-corrected chi connectivity index (χ2v) is 5.48. The quantitative estimate of drug-likeness (QED) is 0.711. The number of hydrogen-bond acceptors (Lipinski definition) is 1. The van der Waals surface area contributed by atoms with Crippen molar-refractivity contribution in [2.45, 2.75) is 17.7 Å². The third-order valence-corrected chi connectivity index (χ3v) is 4.08. The number of halogens is 2. The fourth-order valence-corrected chi connectivity index (χ4v) is 2.50. The number of alkyl halides is 1. The third-order valence-electron chi connectivity index (χ3n) is 3.09. The number of hydrogen-bond donors (Lipinski definition) is 0. The van der Waals surface area contributed by atoms with Gasteiger partial charge in [0.2, 0.25) is 0 Å². The number of benzene rings is 2. The lowest BCUT2D eigenvalue weighted by molar-refractivity contribution is 0.410. The number of aryl methyl sites for hydroxylation is 1. The summed E-state index contributed by atoms with van der Waals surface area (Å²) in [7, 11) is 1.54. The van der Waals surface area contributed by atoms with E-state index in [1.165, 1.54) is 11.6 Å². The van der Waals surface area contributed by atoms with E-state index < -0.39 is 0 Å². The molecule has 100 valence electrons. The Hall–Kier alpha value is -1.35. The van der Waals surface area contributed by atoms with Gasteiger partial charge >= 0.3 is 0 Å². The SMILES string of the molecule is COc1ccc(CCC(Br)c2ccccc2)c(F)c1. The molecule has 0 fully saturated rings. The molecule has 0 amide bonds. The van der Waals surface area contributed by atoms with Gasteiger partial charge in [-0.2, -0.15) is 0 Å². The average Bonchev–Trinajstić information content (AvgIpc) is 2.46. The number of ether oxygens (including phenoxy) is 1. The van der Waals surface area contributed by atoms with Crippen molar-refractivity contribution in [1.29, 1.82) is 0 Å². The first-order valence-corrected chi connectivity index (χ1v) is 7.13. The first-order valence-electron chi connectivity index (χ1n) is 6.22. The molecule has 19 heavy (non-hydrogen) atoms. The molecule has 0 saturated heterocycles. The van der Waals surface area contributed by atoms with E-state index in [1.807, 2.05) is 18.2 Å². The van der Waals surface area contributed by atoms with Gasteiger partial charge in [0.15, 0.2) is 0 Å². The molecule has 3 heteroatoms. The molecule has 0 heterocycles. The van der Waals surface area contributed by atoms with Crippen LogP contribution in [0.4, 0.5) is 4.39 Å². The molecule has 2 aromatic rings. The van der Waals surface area contributed by atoms with Gasteiger partial charge in [0.1, 0.15) is 11.6 Å². The third kappa shape index (κ3) is 3.80. The summed E-state index contributed by atoms with van der Waals surface area (Å²) < 4.78 is 18.8. The molecule has 0 saturated carbocycles. The maximum absolute atomic E-state index is 13.8. The highest BCUT2D eigenvalue weighted by molar-refractivity contribution is 9.09. The van der Waals surface area contributed by atoms with E-state index in [9.17, 15) is 4.39 Å². The Balaban J connectivity index is 1.99. The van der Waals surface area contributed by atoms with Gasteiger partial charge in [0.05, 0.1) is 7.11 Å². The van der Waals surface area contributed by atoms with E-state index >= 15 is 0 Å². The van der Waals surface area contributed by atoms with E-state index in [-0.39, 0.29) is 10.6 Å². The van der Waals surface area contributed by atoms with E-state index in [4.69, 9.17) is 4.74 Å². The summed E-state index contributed by atoms with van der Waals surface area (Å²) in [5, 5.41) is 0. The van der Waals surface area contributed by atoms with E-state index in [0.29, 0.717) is 12.2 Å². The monoisotopic (exact) mass is 322 g/mol. The van der Waals surface area contributed by atoms with Crippen LogP contribution in [0, 0.1) is 5.82 Å². The minimum Gasteiger partial charge on any atom is -0.497 e. The molecule has 0 aliphatic heterocycles. The second kappa shape index (κ2) is 6.71. The van der Waals surface area contributed by atoms with Gasteiger partial charge in [-0.15, -0.1) is 0 Å². The van der Waals surface area contributed by atoms with Crippen molar-refractivity contribution < 1.29 is 9.13 Å². The van der Waals surface area contributed by atoms with Crippen molar-refractivity contribution in [3.05, 3.63) is 65.5 Å². The predicted molar refractivity (Wildman–Crippen MR) is 79.4 cm³/mol. The minimum atomic E-state index is -0.202. The normalized spacial score (nSPS) is 12.2. The van der Waals surface area contributed by atoms with Crippen LogP contribution in [0.1, 0.15) is 22.4 Å². The van der Waals surface area contributed by atoms with Crippen molar-refractivity contribution in [3.8, 4) is 5.75 Å². The van der Waals surface area contributed by atoms with Gasteiger partial charge in [0.25, 0.3) is 0 Å². The molecule has 0 N–H and O–H groups in total. The van der Waals surface area contributed by atoms with Crippen LogP contribution in [0.5, 0.6) is 5.75 Å². The lowest BCUT2D eigenvalue weighted by atomic mass is 10.0. The number of methoxy groups -OCH3 is 1. The van der Waals surface area contributed by atoms with Crippen molar-refractivity contribution in [2.75, 3.05) is 7.11 Å². The van der Waals surface area contributed by atoms with E-state index in [0.717, 1.165) is 12.0 Å². The highest BCUT2D eigenvalue weighted by Crippen LogP contribution is 2.28. The molecule has 2 rings (SSSR count). The van der Waals surface area contributed by atoms with Crippen LogP contribution >= 0.6 is 15.9 Å². The Morgan fingerprint density at radius 3 is 2.53 bits per heavy atom. The first kappa shape index (κ1) is 14.1. The summed E-state index contributed by atoms with van der Waals surface area (Å²) in [4.78, 5) is 0.246. The van der Waals surface area contributed by atoms with Gasteiger partial charge in [-0.3, -0.25) is 0 Å². The zero-order chi connectivity index (χ0) is 13.7. The molecule has 0 aliphatic carbocycles. The van der Waals surface area contributed by atoms with Crippen LogP contribution in [0.2, 0.25) is 0 Å². The summed E-state index contributed by atoms with van der Waals surface area (Å²) in [6.45, 7) is 0. The second-order valence-electron chi connectivity index (χ2n) is 4.37. The van der Waals surface area contributed by atoms with Crippen molar-refractivity contribution in [2.24, 2.45) is 0 Å². The zero-order valence-electron chi connectivity index (χ0n) is 10.8. The molecule has 0 aliphatic rings. The fraction of sp³-hybridized carbons (Fsp3) is 0.250. The Morgan fingerprint density at radius 1 is 1.16 bits per heavy atom. The molecular weight excluding hydrogens is 307 g/mol. The van der Waals surface area contributed by atoms with Gasteiger partial charge in [-0.25, -0.2) is 4.39 Å².